The minimum atomic E-state index is -0.287. The fourth-order valence-corrected chi connectivity index (χ4v) is 4.60. The van der Waals surface area contributed by atoms with Gasteiger partial charge in [-0.15, -0.1) is 10.2 Å². The number of methoxy groups -OCH3 is 3. The highest BCUT2D eigenvalue weighted by molar-refractivity contribution is 9.10. The Hall–Kier alpha value is -3.83. The Morgan fingerprint density at radius 1 is 0.973 bits per heavy atom. The highest BCUT2D eigenvalue weighted by Crippen LogP contribution is 2.34. The Morgan fingerprint density at radius 2 is 1.70 bits per heavy atom. The standard InChI is InChI=1S/C26H24BrN5O4S/c1-34-21-12-10-19(27)13-18(21)15-28-29-24(33)16-37-26-31-30-25(32(26)20-7-5-4-6-8-20)17-9-11-22(35-2)23(14-17)36-3/h4-15H,16H2,1-3H3,(H,29,33)/b28-15-. The number of halogens is 1. The van der Waals surface area contributed by atoms with Gasteiger partial charge in [-0.3, -0.25) is 9.36 Å². The molecule has 0 aliphatic rings. The van der Waals surface area contributed by atoms with Gasteiger partial charge < -0.3 is 14.2 Å². The SMILES string of the molecule is COc1ccc(Br)cc1/C=N\NC(=O)CSc1nnc(-c2ccc(OC)c(OC)c2)n1-c1ccccc1. The zero-order chi connectivity index (χ0) is 26.2. The first-order valence-corrected chi connectivity index (χ1v) is 12.8. The van der Waals surface area contributed by atoms with E-state index in [0.717, 1.165) is 21.3 Å². The summed E-state index contributed by atoms with van der Waals surface area (Å²) in [5.74, 6) is 2.25. The molecule has 11 heteroatoms. The maximum absolute atomic E-state index is 12.5. The van der Waals surface area contributed by atoms with Crippen LogP contribution in [0.15, 0.2) is 81.5 Å². The summed E-state index contributed by atoms with van der Waals surface area (Å²) in [6.45, 7) is 0. The number of hydrogen-bond donors (Lipinski definition) is 1. The molecule has 0 bridgehead atoms. The van der Waals surface area contributed by atoms with Gasteiger partial charge >= 0.3 is 0 Å². The molecule has 0 unspecified atom stereocenters. The number of carbonyl (C=O) groups excluding carboxylic acids is 1. The number of ether oxygens (including phenoxy) is 3. The van der Waals surface area contributed by atoms with Crippen LogP contribution in [0.3, 0.4) is 0 Å². The molecule has 0 aliphatic carbocycles. The fourth-order valence-electron chi connectivity index (χ4n) is 3.48. The van der Waals surface area contributed by atoms with E-state index in [1.54, 1.807) is 21.3 Å². The number of nitrogens with zero attached hydrogens (tertiary/aromatic N) is 4. The van der Waals surface area contributed by atoms with Crippen LogP contribution in [0.1, 0.15) is 5.56 Å². The Kier molecular flexibility index (Phi) is 8.81. The molecule has 3 aromatic carbocycles. The number of thioether (sulfide) groups is 1. The average Bonchev–Trinajstić information content (AvgIpc) is 3.36. The lowest BCUT2D eigenvalue weighted by Gasteiger charge is -2.12. The van der Waals surface area contributed by atoms with Crippen molar-refractivity contribution in [3.8, 4) is 34.3 Å². The second kappa shape index (κ2) is 12.4. The van der Waals surface area contributed by atoms with E-state index >= 15 is 0 Å². The van der Waals surface area contributed by atoms with E-state index in [2.05, 4.69) is 36.7 Å². The maximum Gasteiger partial charge on any atom is 0.250 e. The molecular formula is C26H24BrN5O4S. The molecule has 0 radical (unpaired) electrons. The predicted octanol–water partition coefficient (Wildman–Crippen LogP) is 4.97. The van der Waals surface area contributed by atoms with Crippen LogP contribution < -0.4 is 19.6 Å². The molecule has 0 saturated heterocycles. The summed E-state index contributed by atoms with van der Waals surface area (Å²) in [7, 11) is 4.75. The summed E-state index contributed by atoms with van der Waals surface area (Å²) in [4.78, 5) is 12.5. The lowest BCUT2D eigenvalue weighted by molar-refractivity contribution is -0.118. The highest BCUT2D eigenvalue weighted by atomic mass is 79.9. The summed E-state index contributed by atoms with van der Waals surface area (Å²) in [6, 6.07) is 20.8. The Labute approximate surface area is 227 Å². The zero-order valence-electron chi connectivity index (χ0n) is 20.3. The summed E-state index contributed by atoms with van der Waals surface area (Å²) < 4.78 is 18.9. The minimum Gasteiger partial charge on any atom is -0.496 e. The van der Waals surface area contributed by atoms with Gasteiger partial charge in [0.25, 0.3) is 5.91 Å². The number of nitrogens with one attached hydrogen (secondary N) is 1. The third kappa shape index (κ3) is 6.30. The second-order valence-electron chi connectivity index (χ2n) is 7.52. The highest BCUT2D eigenvalue weighted by Gasteiger charge is 2.18. The predicted molar refractivity (Wildman–Crippen MR) is 147 cm³/mol. The molecule has 0 saturated carbocycles. The van der Waals surface area contributed by atoms with E-state index < -0.39 is 0 Å². The number of para-hydroxylation sites is 1. The van der Waals surface area contributed by atoms with Gasteiger partial charge in [0.1, 0.15) is 5.75 Å². The van der Waals surface area contributed by atoms with Crippen LogP contribution in [0.4, 0.5) is 0 Å². The van der Waals surface area contributed by atoms with Crippen molar-refractivity contribution in [3.05, 3.63) is 76.8 Å². The molecular weight excluding hydrogens is 558 g/mol. The molecule has 0 aliphatic heterocycles. The lowest BCUT2D eigenvalue weighted by atomic mass is 10.2. The van der Waals surface area contributed by atoms with Crippen molar-refractivity contribution in [3.63, 3.8) is 0 Å². The van der Waals surface area contributed by atoms with Gasteiger partial charge in [-0.2, -0.15) is 5.10 Å². The number of carbonyl (C=O) groups is 1. The Bertz CT molecular complexity index is 1410. The molecule has 0 fully saturated rings. The largest absolute Gasteiger partial charge is 0.496 e. The van der Waals surface area contributed by atoms with Gasteiger partial charge in [0.05, 0.1) is 33.3 Å². The lowest BCUT2D eigenvalue weighted by Crippen LogP contribution is -2.20. The van der Waals surface area contributed by atoms with Gasteiger partial charge in [0, 0.05) is 21.3 Å². The van der Waals surface area contributed by atoms with Crippen molar-refractivity contribution in [1.29, 1.82) is 0 Å². The third-order valence-electron chi connectivity index (χ3n) is 5.21. The Balaban J connectivity index is 1.54. The molecule has 9 nitrogen and oxygen atoms in total. The van der Waals surface area contributed by atoms with Crippen LogP contribution in [-0.2, 0) is 4.79 Å². The van der Waals surface area contributed by atoms with Crippen molar-refractivity contribution in [2.45, 2.75) is 5.16 Å². The van der Waals surface area contributed by atoms with Crippen molar-refractivity contribution >= 4 is 39.8 Å². The van der Waals surface area contributed by atoms with Crippen LogP contribution in [0.25, 0.3) is 17.1 Å². The number of hydrazone groups is 1. The van der Waals surface area contributed by atoms with E-state index in [4.69, 9.17) is 14.2 Å². The molecule has 1 N–H and O–H groups in total. The number of amides is 1. The number of aromatic nitrogens is 3. The summed E-state index contributed by atoms with van der Waals surface area (Å²) >= 11 is 4.68. The fraction of sp³-hybridized carbons (Fsp3) is 0.154. The number of rotatable bonds is 10. The van der Waals surface area contributed by atoms with Crippen LogP contribution in [-0.4, -0.2) is 54.0 Å². The molecule has 190 valence electrons. The molecule has 4 aromatic rings. The van der Waals surface area contributed by atoms with Crippen LogP contribution in [0.2, 0.25) is 0 Å². The molecule has 1 amide bonds. The zero-order valence-corrected chi connectivity index (χ0v) is 22.7. The quantitative estimate of drug-likeness (QED) is 0.160. The van der Waals surface area contributed by atoms with Gasteiger partial charge in [-0.1, -0.05) is 45.9 Å². The monoisotopic (exact) mass is 581 g/mol. The molecule has 1 aromatic heterocycles. The topological polar surface area (TPSA) is 99.9 Å². The van der Waals surface area contributed by atoms with E-state index in [9.17, 15) is 4.79 Å². The molecule has 37 heavy (non-hydrogen) atoms. The number of benzene rings is 3. The van der Waals surface area contributed by atoms with Crippen LogP contribution >= 0.6 is 27.7 Å². The normalized spacial score (nSPS) is 10.9. The van der Waals surface area contributed by atoms with Crippen molar-refractivity contribution < 1.29 is 19.0 Å². The van der Waals surface area contributed by atoms with Crippen molar-refractivity contribution in [1.82, 2.24) is 20.2 Å². The second-order valence-corrected chi connectivity index (χ2v) is 9.37. The van der Waals surface area contributed by atoms with E-state index in [-0.39, 0.29) is 11.7 Å². The first kappa shape index (κ1) is 26.2. The molecule has 1 heterocycles. The average molecular weight is 582 g/mol. The van der Waals surface area contributed by atoms with Crippen LogP contribution in [0, 0.1) is 0 Å². The third-order valence-corrected chi connectivity index (χ3v) is 6.63. The minimum absolute atomic E-state index is 0.0872. The van der Waals surface area contributed by atoms with Crippen LogP contribution in [0.5, 0.6) is 17.2 Å². The first-order valence-electron chi connectivity index (χ1n) is 11.1. The molecule has 0 atom stereocenters. The van der Waals surface area contributed by atoms with Gasteiger partial charge in [-0.05, 0) is 48.5 Å². The smallest absolute Gasteiger partial charge is 0.250 e. The van der Waals surface area contributed by atoms with Gasteiger partial charge in [-0.25, -0.2) is 5.43 Å². The van der Waals surface area contributed by atoms with E-state index in [0.29, 0.717) is 28.2 Å². The maximum atomic E-state index is 12.5. The molecule has 0 spiro atoms. The summed E-state index contributed by atoms with van der Waals surface area (Å²) in [5, 5.41) is 13.4. The first-order chi connectivity index (χ1) is 18.0. The summed E-state index contributed by atoms with van der Waals surface area (Å²) in [5.41, 5.74) is 4.93. The van der Waals surface area contributed by atoms with E-state index in [1.807, 2.05) is 71.3 Å². The Morgan fingerprint density at radius 3 is 2.43 bits per heavy atom. The molecule has 4 rings (SSSR count). The number of hydrogen-bond acceptors (Lipinski definition) is 8. The van der Waals surface area contributed by atoms with Crippen molar-refractivity contribution in [2.24, 2.45) is 5.10 Å². The van der Waals surface area contributed by atoms with E-state index in [1.165, 1.54) is 18.0 Å². The summed E-state index contributed by atoms with van der Waals surface area (Å²) in [6.07, 6.45) is 1.54. The van der Waals surface area contributed by atoms with Gasteiger partial charge in [0.2, 0.25) is 0 Å². The van der Waals surface area contributed by atoms with Gasteiger partial charge in [0.15, 0.2) is 22.5 Å². The van der Waals surface area contributed by atoms with Crippen molar-refractivity contribution in [2.75, 3.05) is 27.1 Å².